The minimum absolute atomic E-state index is 0.192. The average Bonchev–Trinajstić information content (AvgIpc) is 2.70. The van der Waals surface area contributed by atoms with Gasteiger partial charge in [0.05, 0.1) is 12.7 Å². The summed E-state index contributed by atoms with van der Waals surface area (Å²) in [6, 6.07) is 4.37. The summed E-state index contributed by atoms with van der Waals surface area (Å²) in [5, 5.41) is 23.3. The van der Waals surface area contributed by atoms with Crippen LogP contribution in [-0.2, 0) is 0 Å². The number of hydrogen-bond acceptors (Lipinski definition) is 4. The van der Waals surface area contributed by atoms with Crippen molar-refractivity contribution < 1.29 is 10.2 Å². The zero-order valence-corrected chi connectivity index (χ0v) is 10.00. The lowest BCUT2D eigenvalue weighted by Gasteiger charge is -2.22. The summed E-state index contributed by atoms with van der Waals surface area (Å²) >= 11 is 1.71. The van der Waals surface area contributed by atoms with Crippen LogP contribution in [0.3, 0.4) is 0 Å². The number of nitrogens with one attached hydrogen (secondary N) is 1. The van der Waals surface area contributed by atoms with E-state index in [4.69, 9.17) is 5.11 Å². The van der Waals surface area contributed by atoms with Gasteiger partial charge in [-0.2, -0.15) is 0 Å². The molecule has 0 amide bonds. The Bertz CT molecular complexity index is 262. The van der Waals surface area contributed by atoms with Crippen molar-refractivity contribution >= 4 is 11.3 Å². The summed E-state index contributed by atoms with van der Waals surface area (Å²) in [6.45, 7) is 4.52. The van der Waals surface area contributed by atoms with E-state index >= 15 is 0 Å². The second-order valence-corrected chi connectivity index (χ2v) is 4.96. The fourth-order valence-corrected chi connectivity index (χ4v) is 2.43. The zero-order chi connectivity index (χ0) is 11.3. The number of rotatable bonds is 6. The minimum Gasteiger partial charge on any atom is -0.394 e. The first-order valence-electron chi connectivity index (χ1n) is 5.21. The van der Waals surface area contributed by atoms with Crippen molar-refractivity contribution in [2.75, 3.05) is 13.2 Å². The van der Waals surface area contributed by atoms with E-state index in [1.165, 1.54) is 4.88 Å². The van der Waals surface area contributed by atoms with Crippen molar-refractivity contribution in [3.05, 3.63) is 22.4 Å². The minimum atomic E-state index is -0.675. The maximum absolute atomic E-state index is 9.28. The molecule has 0 fully saturated rings. The molecule has 1 rings (SSSR count). The lowest BCUT2D eigenvalue weighted by atomic mass is 10.0. The Morgan fingerprint density at radius 3 is 2.67 bits per heavy atom. The van der Waals surface area contributed by atoms with Crippen LogP contribution in [0.4, 0.5) is 0 Å². The Hall–Kier alpha value is -0.420. The highest BCUT2D eigenvalue weighted by Crippen LogP contribution is 2.25. The zero-order valence-electron chi connectivity index (χ0n) is 9.18. The average molecular weight is 229 g/mol. The third-order valence-electron chi connectivity index (χ3n) is 2.30. The fourth-order valence-electron chi connectivity index (χ4n) is 1.46. The van der Waals surface area contributed by atoms with Crippen LogP contribution in [0.5, 0.6) is 0 Å². The van der Waals surface area contributed by atoms with Gasteiger partial charge in [-0.15, -0.1) is 11.3 Å². The SMILES string of the molecule is CC(C)C(NC[C@H](O)CO)c1cccs1. The van der Waals surface area contributed by atoms with Gasteiger partial charge >= 0.3 is 0 Å². The van der Waals surface area contributed by atoms with Crippen LogP contribution in [0.15, 0.2) is 17.5 Å². The van der Waals surface area contributed by atoms with E-state index < -0.39 is 6.10 Å². The molecule has 1 aromatic rings. The lowest BCUT2D eigenvalue weighted by molar-refractivity contribution is 0.0903. The molecule has 0 aromatic carbocycles. The molecule has 1 aromatic heterocycles. The molecule has 0 bridgehead atoms. The molecular weight excluding hydrogens is 210 g/mol. The van der Waals surface area contributed by atoms with Crippen molar-refractivity contribution in [1.29, 1.82) is 0 Å². The van der Waals surface area contributed by atoms with Crippen molar-refractivity contribution in [1.82, 2.24) is 5.32 Å². The summed E-state index contributed by atoms with van der Waals surface area (Å²) in [7, 11) is 0. The fraction of sp³-hybridized carbons (Fsp3) is 0.636. The predicted molar refractivity (Wildman–Crippen MR) is 63.0 cm³/mol. The maximum Gasteiger partial charge on any atom is 0.0895 e. The standard InChI is InChI=1S/C11H19NO2S/c1-8(2)11(10-4-3-5-15-10)12-6-9(14)7-13/h3-5,8-9,11-14H,6-7H2,1-2H3/t9-,11?/m0/s1. The monoisotopic (exact) mass is 229 g/mol. The summed E-state index contributed by atoms with van der Waals surface area (Å²) in [6.07, 6.45) is -0.675. The largest absolute Gasteiger partial charge is 0.394 e. The van der Waals surface area contributed by atoms with Crippen LogP contribution < -0.4 is 5.32 Å². The van der Waals surface area contributed by atoms with Gasteiger partial charge in [0.25, 0.3) is 0 Å². The smallest absolute Gasteiger partial charge is 0.0895 e. The highest BCUT2D eigenvalue weighted by molar-refractivity contribution is 7.10. The van der Waals surface area contributed by atoms with Crippen molar-refractivity contribution in [2.24, 2.45) is 5.92 Å². The van der Waals surface area contributed by atoms with Crippen molar-refractivity contribution in [3.63, 3.8) is 0 Å². The molecule has 86 valence electrons. The van der Waals surface area contributed by atoms with Crippen LogP contribution in [0.2, 0.25) is 0 Å². The molecule has 1 heterocycles. The summed E-state index contributed by atoms with van der Waals surface area (Å²) in [5.74, 6) is 0.467. The van der Waals surface area contributed by atoms with Crippen LogP contribution in [-0.4, -0.2) is 29.5 Å². The van der Waals surface area contributed by atoms with Gasteiger partial charge < -0.3 is 15.5 Å². The van der Waals surface area contributed by atoms with Crippen LogP contribution in [0.25, 0.3) is 0 Å². The Kier molecular flexibility index (Phi) is 5.25. The molecule has 0 saturated heterocycles. The van der Waals surface area contributed by atoms with Gasteiger partial charge in [0.1, 0.15) is 0 Å². The number of aliphatic hydroxyl groups is 2. The number of hydrogen-bond donors (Lipinski definition) is 3. The Labute approximate surface area is 94.8 Å². The van der Waals surface area contributed by atoms with Crippen LogP contribution in [0, 0.1) is 5.92 Å². The first kappa shape index (κ1) is 12.6. The lowest BCUT2D eigenvalue weighted by Crippen LogP contribution is -2.34. The summed E-state index contributed by atoms with van der Waals surface area (Å²) < 4.78 is 0. The molecule has 0 radical (unpaired) electrons. The number of aliphatic hydroxyl groups excluding tert-OH is 2. The van der Waals surface area contributed by atoms with E-state index in [1.807, 2.05) is 6.07 Å². The van der Waals surface area contributed by atoms with E-state index in [2.05, 4.69) is 30.6 Å². The van der Waals surface area contributed by atoms with Gasteiger partial charge in [-0.3, -0.25) is 0 Å². The molecule has 2 atom stereocenters. The van der Waals surface area contributed by atoms with E-state index in [-0.39, 0.29) is 12.6 Å². The van der Waals surface area contributed by atoms with E-state index in [0.717, 1.165) is 0 Å². The van der Waals surface area contributed by atoms with Gasteiger partial charge in [-0.05, 0) is 17.4 Å². The Morgan fingerprint density at radius 1 is 1.47 bits per heavy atom. The molecule has 0 spiro atoms. The third kappa shape index (κ3) is 3.91. The first-order chi connectivity index (χ1) is 7.15. The normalized spacial score (nSPS) is 15.5. The van der Waals surface area contributed by atoms with E-state index in [9.17, 15) is 5.11 Å². The summed E-state index contributed by atoms with van der Waals surface area (Å²) in [5.41, 5.74) is 0. The highest BCUT2D eigenvalue weighted by atomic mass is 32.1. The van der Waals surface area contributed by atoms with E-state index in [1.54, 1.807) is 11.3 Å². The molecule has 3 N–H and O–H groups in total. The van der Waals surface area contributed by atoms with Crippen LogP contribution >= 0.6 is 11.3 Å². The molecule has 3 nitrogen and oxygen atoms in total. The Morgan fingerprint density at radius 2 is 2.20 bits per heavy atom. The first-order valence-corrected chi connectivity index (χ1v) is 6.08. The number of thiophene rings is 1. The topological polar surface area (TPSA) is 52.5 Å². The van der Waals surface area contributed by atoms with Gasteiger partial charge in [-0.25, -0.2) is 0 Å². The molecule has 0 aliphatic heterocycles. The molecule has 0 saturated carbocycles. The Balaban J connectivity index is 2.53. The van der Waals surface area contributed by atoms with Crippen molar-refractivity contribution in [3.8, 4) is 0 Å². The summed E-state index contributed by atoms with van der Waals surface area (Å²) in [4.78, 5) is 1.27. The second kappa shape index (κ2) is 6.23. The van der Waals surface area contributed by atoms with Crippen molar-refractivity contribution in [2.45, 2.75) is 26.0 Å². The molecule has 0 aliphatic carbocycles. The highest BCUT2D eigenvalue weighted by Gasteiger charge is 2.17. The molecule has 4 heteroatoms. The quantitative estimate of drug-likeness (QED) is 0.691. The van der Waals surface area contributed by atoms with Gasteiger partial charge in [0.15, 0.2) is 0 Å². The van der Waals surface area contributed by atoms with Crippen LogP contribution in [0.1, 0.15) is 24.8 Å². The third-order valence-corrected chi connectivity index (χ3v) is 3.26. The van der Waals surface area contributed by atoms with Gasteiger partial charge in [0, 0.05) is 17.5 Å². The van der Waals surface area contributed by atoms with Gasteiger partial charge in [0.2, 0.25) is 0 Å². The van der Waals surface area contributed by atoms with Gasteiger partial charge in [-0.1, -0.05) is 19.9 Å². The maximum atomic E-state index is 9.28. The molecular formula is C11H19NO2S. The molecule has 15 heavy (non-hydrogen) atoms. The predicted octanol–water partition coefficient (Wildman–Crippen LogP) is 1.39. The van der Waals surface area contributed by atoms with E-state index in [0.29, 0.717) is 12.5 Å². The molecule has 0 aliphatic rings. The molecule has 1 unspecified atom stereocenters. The second-order valence-electron chi connectivity index (χ2n) is 3.98.